The van der Waals surface area contributed by atoms with Crippen LogP contribution in [-0.2, 0) is 14.2 Å². The van der Waals surface area contributed by atoms with Gasteiger partial charge < -0.3 is 14.2 Å². The molecule has 158 valence electrons. The van der Waals surface area contributed by atoms with Crippen LogP contribution in [0.3, 0.4) is 0 Å². The van der Waals surface area contributed by atoms with E-state index >= 15 is 0 Å². The Morgan fingerprint density at radius 1 is 0.964 bits per heavy atom. The summed E-state index contributed by atoms with van der Waals surface area (Å²) in [6, 6.07) is 0. The molecular weight excluding hydrogens is 348 g/mol. The zero-order valence-corrected chi connectivity index (χ0v) is 18.6. The Balaban J connectivity index is 1.50. The topological polar surface area (TPSA) is 27.7 Å². The largest absolute Gasteiger partial charge is 0.381 e. The van der Waals surface area contributed by atoms with Crippen molar-refractivity contribution in [1.82, 2.24) is 0 Å². The highest BCUT2D eigenvalue weighted by Gasteiger charge is 2.69. The Kier molecular flexibility index (Phi) is 4.41. The number of hydrogen-bond donors (Lipinski definition) is 0. The third kappa shape index (κ3) is 2.51. The van der Waals surface area contributed by atoms with Gasteiger partial charge in [0.25, 0.3) is 0 Å². The van der Waals surface area contributed by atoms with Crippen molar-refractivity contribution in [3.8, 4) is 0 Å². The number of rotatable bonds is 1. The van der Waals surface area contributed by atoms with E-state index in [4.69, 9.17) is 14.2 Å². The fourth-order valence-corrected chi connectivity index (χ4v) is 8.27. The molecule has 5 rings (SSSR count). The quantitative estimate of drug-likeness (QED) is 0.548. The average Bonchev–Trinajstić information content (AvgIpc) is 2.95. The number of hydrogen-bond acceptors (Lipinski definition) is 3. The number of ether oxygens (including phenoxy) is 3. The van der Waals surface area contributed by atoms with Gasteiger partial charge in [-0.05, 0) is 67.6 Å². The Morgan fingerprint density at radius 3 is 2.43 bits per heavy atom. The first-order chi connectivity index (χ1) is 13.2. The second-order valence-corrected chi connectivity index (χ2v) is 11.9. The van der Waals surface area contributed by atoms with Gasteiger partial charge >= 0.3 is 0 Å². The van der Waals surface area contributed by atoms with E-state index in [1.165, 1.54) is 32.1 Å². The zero-order valence-electron chi connectivity index (χ0n) is 18.6. The van der Waals surface area contributed by atoms with Crippen molar-refractivity contribution in [2.75, 3.05) is 20.3 Å². The maximum absolute atomic E-state index is 6.63. The zero-order chi connectivity index (χ0) is 19.8. The van der Waals surface area contributed by atoms with Crippen LogP contribution in [0.5, 0.6) is 0 Å². The molecule has 0 radical (unpaired) electrons. The van der Waals surface area contributed by atoms with Gasteiger partial charge in [0.2, 0.25) is 0 Å². The summed E-state index contributed by atoms with van der Waals surface area (Å²) in [5, 5.41) is 0. The van der Waals surface area contributed by atoms with Crippen LogP contribution in [0.2, 0.25) is 0 Å². The van der Waals surface area contributed by atoms with E-state index in [-0.39, 0.29) is 16.6 Å². The Hall–Kier alpha value is -0.380. The summed E-state index contributed by atoms with van der Waals surface area (Å²) < 4.78 is 19.5. The lowest BCUT2D eigenvalue weighted by molar-refractivity contribution is -0.353. The first-order valence-electron chi connectivity index (χ1n) is 11.7. The molecule has 3 nitrogen and oxygen atoms in total. The van der Waals surface area contributed by atoms with Gasteiger partial charge in [0.15, 0.2) is 5.79 Å². The standard InChI is InChI=1S/C25H40O3/c1-22(2)15-27-25(28-16-22)13-11-19-18-10-9-17-8-6-7-12-23(17,3)21(18)20(26-5)14-24(19,25)4/h6,8,17-21H,7,9-16H2,1-5H3/t17-,18+,19+,20+,21-,23+,24+/m1/s1. The highest BCUT2D eigenvalue weighted by Crippen LogP contribution is 2.69. The summed E-state index contributed by atoms with van der Waals surface area (Å²) >= 11 is 0. The first-order valence-corrected chi connectivity index (χ1v) is 11.7. The number of fused-ring (bicyclic) bond motifs is 6. The molecule has 3 saturated carbocycles. The average molecular weight is 389 g/mol. The predicted molar refractivity (Wildman–Crippen MR) is 111 cm³/mol. The fraction of sp³-hybridized carbons (Fsp3) is 0.920. The van der Waals surface area contributed by atoms with E-state index in [1.807, 2.05) is 7.11 Å². The summed E-state index contributed by atoms with van der Waals surface area (Å²) in [7, 11) is 1.95. The maximum atomic E-state index is 6.63. The molecule has 1 aliphatic heterocycles. The van der Waals surface area contributed by atoms with E-state index < -0.39 is 0 Å². The lowest BCUT2D eigenvalue weighted by Gasteiger charge is -2.63. The van der Waals surface area contributed by atoms with Gasteiger partial charge in [-0.2, -0.15) is 0 Å². The van der Waals surface area contributed by atoms with E-state index in [0.717, 1.165) is 37.9 Å². The molecule has 0 amide bonds. The van der Waals surface area contributed by atoms with Gasteiger partial charge in [0, 0.05) is 24.4 Å². The number of methoxy groups -OCH3 is 1. The van der Waals surface area contributed by atoms with Crippen LogP contribution in [0.25, 0.3) is 0 Å². The second kappa shape index (κ2) is 6.31. The van der Waals surface area contributed by atoms with Crippen molar-refractivity contribution in [2.45, 2.75) is 84.5 Å². The summed E-state index contributed by atoms with van der Waals surface area (Å²) in [4.78, 5) is 0. The molecule has 1 heterocycles. The van der Waals surface area contributed by atoms with Crippen LogP contribution in [0.1, 0.15) is 72.6 Å². The van der Waals surface area contributed by atoms with E-state index in [9.17, 15) is 0 Å². The summed E-state index contributed by atoms with van der Waals surface area (Å²) in [5.74, 6) is 2.48. The normalized spacial score (nSPS) is 51.4. The summed E-state index contributed by atoms with van der Waals surface area (Å²) in [6.07, 6.45) is 13.9. The fourth-order valence-electron chi connectivity index (χ4n) is 8.27. The van der Waals surface area contributed by atoms with Gasteiger partial charge in [0.1, 0.15) is 0 Å². The molecule has 0 N–H and O–H groups in total. The summed E-state index contributed by atoms with van der Waals surface area (Å²) in [5.41, 5.74) is 0.586. The van der Waals surface area contributed by atoms with Crippen LogP contribution in [-0.4, -0.2) is 32.2 Å². The van der Waals surface area contributed by atoms with Crippen LogP contribution in [0, 0.1) is 39.9 Å². The monoisotopic (exact) mass is 388 g/mol. The van der Waals surface area contributed by atoms with Crippen molar-refractivity contribution in [2.24, 2.45) is 39.9 Å². The minimum atomic E-state index is -0.390. The molecule has 1 spiro atoms. The van der Waals surface area contributed by atoms with Crippen molar-refractivity contribution in [3.63, 3.8) is 0 Å². The van der Waals surface area contributed by atoms with Gasteiger partial charge in [0.05, 0.1) is 19.3 Å². The predicted octanol–water partition coefficient (Wildman–Crippen LogP) is 5.59. The Labute approximate surface area is 171 Å². The SMILES string of the molecule is CO[C@H]1C[C@@]2(C)[C@@H](CCC23OCC(C)(C)CO3)[C@@H]2CC[C@H]3C=CCC[C@]3(C)[C@H]21. The lowest BCUT2D eigenvalue weighted by Crippen LogP contribution is -2.63. The Bertz CT molecular complexity index is 644. The molecule has 3 heteroatoms. The third-order valence-electron chi connectivity index (χ3n) is 9.81. The minimum absolute atomic E-state index is 0.0685. The van der Waals surface area contributed by atoms with Crippen molar-refractivity contribution in [1.29, 1.82) is 0 Å². The molecule has 0 aromatic rings. The molecule has 28 heavy (non-hydrogen) atoms. The van der Waals surface area contributed by atoms with Gasteiger partial charge in [-0.15, -0.1) is 0 Å². The highest BCUT2D eigenvalue weighted by atomic mass is 16.7. The van der Waals surface area contributed by atoms with Crippen LogP contribution in [0.15, 0.2) is 12.2 Å². The number of allylic oxidation sites excluding steroid dienone is 2. The minimum Gasteiger partial charge on any atom is -0.381 e. The molecule has 0 aromatic heterocycles. The third-order valence-corrected chi connectivity index (χ3v) is 9.81. The lowest BCUT2D eigenvalue weighted by atomic mass is 9.45. The van der Waals surface area contributed by atoms with E-state index in [2.05, 4.69) is 39.8 Å². The van der Waals surface area contributed by atoms with Gasteiger partial charge in [-0.1, -0.05) is 39.8 Å². The molecule has 0 unspecified atom stereocenters. The van der Waals surface area contributed by atoms with Crippen LogP contribution >= 0.6 is 0 Å². The second-order valence-electron chi connectivity index (χ2n) is 11.9. The van der Waals surface area contributed by atoms with Crippen LogP contribution in [0.4, 0.5) is 0 Å². The van der Waals surface area contributed by atoms with E-state index in [1.54, 1.807) is 0 Å². The van der Waals surface area contributed by atoms with Crippen molar-refractivity contribution in [3.05, 3.63) is 12.2 Å². The van der Waals surface area contributed by atoms with E-state index in [0.29, 0.717) is 23.4 Å². The molecule has 0 aromatic carbocycles. The smallest absolute Gasteiger partial charge is 0.173 e. The maximum Gasteiger partial charge on any atom is 0.173 e. The van der Waals surface area contributed by atoms with Gasteiger partial charge in [-0.3, -0.25) is 0 Å². The van der Waals surface area contributed by atoms with Crippen LogP contribution < -0.4 is 0 Å². The molecule has 0 bridgehead atoms. The summed E-state index contributed by atoms with van der Waals surface area (Å²) in [6.45, 7) is 11.2. The molecular formula is C25H40O3. The highest BCUT2D eigenvalue weighted by molar-refractivity contribution is 5.17. The Morgan fingerprint density at radius 2 is 1.71 bits per heavy atom. The molecule has 1 saturated heterocycles. The molecule has 4 aliphatic carbocycles. The van der Waals surface area contributed by atoms with Gasteiger partial charge in [-0.25, -0.2) is 0 Å². The van der Waals surface area contributed by atoms with Crippen molar-refractivity contribution >= 4 is 0 Å². The first kappa shape index (κ1) is 19.6. The molecule has 7 atom stereocenters. The molecule has 5 aliphatic rings. The molecule has 4 fully saturated rings. The van der Waals surface area contributed by atoms with Crippen molar-refractivity contribution < 1.29 is 14.2 Å².